The highest BCUT2D eigenvalue weighted by Crippen LogP contribution is 2.13. The van der Waals surface area contributed by atoms with Crippen LogP contribution in [0.15, 0.2) is 12.2 Å². The van der Waals surface area contributed by atoms with Gasteiger partial charge in [-0.15, -0.1) is 0 Å². The molecule has 0 aliphatic heterocycles. The molecule has 0 bridgehead atoms. The van der Waals surface area contributed by atoms with Gasteiger partial charge in [-0.25, -0.2) is 0 Å². The maximum Gasteiger partial charge on any atom is 0.142 e. The second-order valence-electron chi connectivity index (χ2n) is 2.86. The molecular formula is C7H12O. The molecule has 0 amide bonds. The molecule has 0 aromatic rings. The topological polar surface area (TPSA) is 17.1 Å². The number of rotatable bonds is 1. The highest BCUT2D eigenvalue weighted by Gasteiger charge is 2.01. The molecule has 1 nitrogen and oxygen atoms in total. The van der Waals surface area contributed by atoms with Crippen LogP contribution in [-0.2, 0) is 4.79 Å². The lowest BCUT2D eigenvalue weighted by Gasteiger charge is -2.09. The van der Waals surface area contributed by atoms with E-state index >= 15 is 0 Å². The lowest BCUT2D eigenvalue weighted by Crippen LogP contribution is -1.97. The normalized spacial score (nSPS) is 12.4. The van der Waals surface area contributed by atoms with Gasteiger partial charge >= 0.3 is 0 Å². The van der Waals surface area contributed by atoms with E-state index in [4.69, 9.17) is 0 Å². The summed E-state index contributed by atoms with van der Waals surface area (Å²) in [5, 5.41) is 0. The van der Waals surface area contributed by atoms with Crippen molar-refractivity contribution in [1.82, 2.24) is 0 Å². The first-order chi connectivity index (χ1) is 3.56. The van der Waals surface area contributed by atoms with E-state index in [2.05, 4.69) is 0 Å². The van der Waals surface area contributed by atoms with Gasteiger partial charge in [-0.1, -0.05) is 26.8 Å². The molecule has 46 valence electrons. The molecule has 0 N–H and O–H groups in total. The van der Waals surface area contributed by atoms with Gasteiger partial charge in [0.2, 0.25) is 0 Å². The van der Waals surface area contributed by atoms with Crippen molar-refractivity contribution >= 4 is 6.29 Å². The van der Waals surface area contributed by atoms with Gasteiger partial charge in [0.05, 0.1) is 0 Å². The Kier molecular flexibility index (Phi) is 2.46. The fourth-order valence-electron chi connectivity index (χ4n) is 0.328. The van der Waals surface area contributed by atoms with Crippen LogP contribution in [0.3, 0.4) is 0 Å². The standard InChI is InChI=1S/C7H12O/c1-7(2,3)5-4-6-8/h4-6H,1-3H3. The summed E-state index contributed by atoms with van der Waals surface area (Å²) in [6.45, 7) is 6.15. The van der Waals surface area contributed by atoms with Gasteiger partial charge in [-0.05, 0) is 11.5 Å². The van der Waals surface area contributed by atoms with Gasteiger partial charge in [0.25, 0.3) is 0 Å². The molecule has 0 fully saturated rings. The SMILES string of the molecule is CC(C)(C)C=CC=O. The van der Waals surface area contributed by atoms with Crippen molar-refractivity contribution in [3.63, 3.8) is 0 Å². The van der Waals surface area contributed by atoms with Crippen LogP contribution >= 0.6 is 0 Å². The molecular weight excluding hydrogens is 100 g/mol. The van der Waals surface area contributed by atoms with Crippen LogP contribution in [0.25, 0.3) is 0 Å². The van der Waals surface area contributed by atoms with Crippen LogP contribution in [0.2, 0.25) is 0 Å². The molecule has 8 heavy (non-hydrogen) atoms. The number of hydrogen-bond donors (Lipinski definition) is 0. The lowest BCUT2D eigenvalue weighted by molar-refractivity contribution is -0.104. The highest BCUT2D eigenvalue weighted by atomic mass is 16.1. The summed E-state index contributed by atoms with van der Waals surface area (Å²) in [6, 6.07) is 0. The van der Waals surface area contributed by atoms with Gasteiger partial charge in [-0.3, -0.25) is 4.79 Å². The first-order valence-corrected chi connectivity index (χ1v) is 2.69. The largest absolute Gasteiger partial charge is 0.299 e. The van der Waals surface area contributed by atoms with E-state index in [1.54, 1.807) is 0 Å². The molecule has 0 aliphatic rings. The van der Waals surface area contributed by atoms with E-state index in [0.29, 0.717) is 0 Å². The Balaban J connectivity index is 3.69. The summed E-state index contributed by atoms with van der Waals surface area (Å²) < 4.78 is 0. The third kappa shape index (κ3) is 5.41. The van der Waals surface area contributed by atoms with Crippen molar-refractivity contribution < 1.29 is 4.79 Å². The number of aldehydes is 1. The average molecular weight is 112 g/mol. The molecule has 0 atom stereocenters. The zero-order chi connectivity index (χ0) is 6.62. The quantitative estimate of drug-likeness (QED) is 0.373. The van der Waals surface area contributed by atoms with E-state index in [-0.39, 0.29) is 5.41 Å². The van der Waals surface area contributed by atoms with Crippen molar-refractivity contribution in [2.75, 3.05) is 0 Å². The fraction of sp³-hybridized carbons (Fsp3) is 0.571. The molecule has 1 heteroatoms. The second-order valence-corrected chi connectivity index (χ2v) is 2.86. The zero-order valence-electron chi connectivity index (χ0n) is 5.64. The molecule has 0 saturated carbocycles. The molecule has 0 spiro atoms. The van der Waals surface area contributed by atoms with Crippen molar-refractivity contribution in [2.24, 2.45) is 5.41 Å². The van der Waals surface area contributed by atoms with E-state index in [1.807, 2.05) is 26.8 Å². The van der Waals surface area contributed by atoms with Crippen molar-refractivity contribution in [3.8, 4) is 0 Å². The van der Waals surface area contributed by atoms with Gasteiger partial charge in [-0.2, -0.15) is 0 Å². The Bertz CT molecular complexity index is 95.4. The summed E-state index contributed by atoms with van der Waals surface area (Å²) in [5.74, 6) is 0. The van der Waals surface area contributed by atoms with E-state index in [1.165, 1.54) is 6.08 Å². The molecule has 0 radical (unpaired) electrons. The Morgan fingerprint density at radius 3 is 1.88 bits per heavy atom. The second kappa shape index (κ2) is 2.65. The third-order valence-corrected chi connectivity index (χ3v) is 0.675. The van der Waals surface area contributed by atoms with Crippen LogP contribution in [-0.4, -0.2) is 6.29 Å². The monoisotopic (exact) mass is 112 g/mol. The zero-order valence-corrected chi connectivity index (χ0v) is 5.64. The number of carbonyl (C=O) groups is 1. The Hall–Kier alpha value is -0.590. The lowest BCUT2D eigenvalue weighted by atomic mass is 9.97. The maximum atomic E-state index is 9.76. The molecule has 0 saturated heterocycles. The summed E-state index contributed by atoms with van der Waals surface area (Å²) in [6.07, 6.45) is 4.20. The molecule has 0 aromatic carbocycles. The summed E-state index contributed by atoms with van der Waals surface area (Å²) in [4.78, 5) is 9.76. The molecule has 0 aromatic heterocycles. The average Bonchev–Trinajstić information content (AvgIpc) is 1.59. The number of hydrogen-bond acceptors (Lipinski definition) is 1. The smallest absolute Gasteiger partial charge is 0.142 e. The van der Waals surface area contributed by atoms with Gasteiger partial charge in [0, 0.05) is 0 Å². The molecule has 0 unspecified atom stereocenters. The van der Waals surface area contributed by atoms with Crippen LogP contribution in [0.1, 0.15) is 20.8 Å². The van der Waals surface area contributed by atoms with E-state index < -0.39 is 0 Å². The Labute approximate surface area is 50.4 Å². The fourth-order valence-corrected chi connectivity index (χ4v) is 0.328. The van der Waals surface area contributed by atoms with Crippen LogP contribution in [0.4, 0.5) is 0 Å². The summed E-state index contributed by atoms with van der Waals surface area (Å²) >= 11 is 0. The highest BCUT2D eigenvalue weighted by molar-refractivity contribution is 5.64. The predicted octanol–water partition coefficient (Wildman–Crippen LogP) is 1.79. The minimum absolute atomic E-state index is 0.140. The molecule has 0 rings (SSSR count). The van der Waals surface area contributed by atoms with Gasteiger partial charge in [0.15, 0.2) is 0 Å². The minimum atomic E-state index is 0.140. The Morgan fingerprint density at radius 1 is 1.25 bits per heavy atom. The predicted molar refractivity (Wildman–Crippen MR) is 34.7 cm³/mol. The molecule has 0 aliphatic carbocycles. The summed E-state index contributed by atoms with van der Waals surface area (Å²) in [7, 11) is 0. The number of carbonyl (C=O) groups excluding carboxylic acids is 1. The maximum absolute atomic E-state index is 9.76. The third-order valence-electron chi connectivity index (χ3n) is 0.675. The van der Waals surface area contributed by atoms with E-state index in [0.717, 1.165) is 6.29 Å². The van der Waals surface area contributed by atoms with Gasteiger partial charge in [0.1, 0.15) is 6.29 Å². The van der Waals surface area contributed by atoms with Crippen LogP contribution in [0, 0.1) is 5.41 Å². The van der Waals surface area contributed by atoms with E-state index in [9.17, 15) is 4.79 Å². The number of allylic oxidation sites excluding steroid dienone is 2. The van der Waals surface area contributed by atoms with Crippen molar-refractivity contribution in [2.45, 2.75) is 20.8 Å². The van der Waals surface area contributed by atoms with Crippen molar-refractivity contribution in [3.05, 3.63) is 12.2 Å². The van der Waals surface area contributed by atoms with Crippen LogP contribution in [0.5, 0.6) is 0 Å². The molecule has 0 heterocycles. The van der Waals surface area contributed by atoms with Gasteiger partial charge < -0.3 is 0 Å². The Morgan fingerprint density at radius 2 is 1.75 bits per heavy atom. The van der Waals surface area contributed by atoms with Crippen molar-refractivity contribution in [1.29, 1.82) is 0 Å². The summed E-state index contributed by atoms with van der Waals surface area (Å²) in [5.41, 5.74) is 0.140. The first kappa shape index (κ1) is 7.41. The minimum Gasteiger partial charge on any atom is -0.299 e. The van der Waals surface area contributed by atoms with Crippen LogP contribution < -0.4 is 0 Å². The first-order valence-electron chi connectivity index (χ1n) is 2.69.